The van der Waals surface area contributed by atoms with E-state index in [-0.39, 0.29) is 11.8 Å². The van der Waals surface area contributed by atoms with Crippen LogP contribution in [0.4, 0.5) is 10.3 Å². The molecule has 0 unspecified atom stereocenters. The number of nitrogen functional groups attached to an aromatic ring is 1. The van der Waals surface area contributed by atoms with E-state index in [4.69, 9.17) is 10.5 Å². The third-order valence-electron chi connectivity index (χ3n) is 4.01. The van der Waals surface area contributed by atoms with E-state index in [1.807, 2.05) is 36.4 Å². The van der Waals surface area contributed by atoms with Crippen molar-refractivity contribution in [2.75, 3.05) is 5.73 Å². The van der Waals surface area contributed by atoms with Crippen molar-refractivity contribution in [3.63, 3.8) is 0 Å². The molecule has 3 aromatic carbocycles. The number of ether oxygens (including phenoxy) is 1. The highest BCUT2D eigenvalue weighted by atomic mass is 19.1. The Labute approximate surface area is 153 Å². The lowest BCUT2D eigenvalue weighted by atomic mass is 10.0. The summed E-state index contributed by atoms with van der Waals surface area (Å²) >= 11 is 0. The second-order valence-electron chi connectivity index (χ2n) is 5.78. The fourth-order valence-corrected chi connectivity index (χ4v) is 2.66. The van der Waals surface area contributed by atoms with Crippen molar-refractivity contribution in [2.45, 2.75) is 6.61 Å². The monoisotopic (exact) mass is 362 g/mol. The van der Waals surface area contributed by atoms with Crippen LogP contribution in [0.15, 0.2) is 65.8 Å². The van der Waals surface area contributed by atoms with E-state index in [0.717, 1.165) is 26.7 Å². The number of rotatable bonds is 5. The van der Waals surface area contributed by atoms with Gasteiger partial charge in [-0.3, -0.25) is 0 Å². The molecular formula is C19H15FN6O. The number of tetrazole rings is 1. The molecular weight excluding hydrogens is 347 g/mol. The summed E-state index contributed by atoms with van der Waals surface area (Å²) < 4.78 is 19.0. The van der Waals surface area contributed by atoms with Crippen molar-refractivity contribution in [1.29, 1.82) is 0 Å². The zero-order valence-corrected chi connectivity index (χ0v) is 14.2. The highest BCUT2D eigenvalue weighted by Crippen LogP contribution is 2.27. The highest BCUT2D eigenvalue weighted by molar-refractivity contribution is 6.02. The summed E-state index contributed by atoms with van der Waals surface area (Å²) in [5.74, 6) is 0.435. The fourth-order valence-electron chi connectivity index (χ4n) is 2.66. The van der Waals surface area contributed by atoms with Gasteiger partial charge in [-0.05, 0) is 45.0 Å². The van der Waals surface area contributed by atoms with Gasteiger partial charge in [0, 0.05) is 5.56 Å². The molecule has 0 amide bonds. The Kier molecular flexibility index (Phi) is 4.44. The Morgan fingerprint density at radius 2 is 1.89 bits per heavy atom. The van der Waals surface area contributed by atoms with E-state index in [2.05, 4.69) is 20.6 Å². The second-order valence-corrected chi connectivity index (χ2v) is 5.78. The van der Waals surface area contributed by atoms with Crippen molar-refractivity contribution in [2.24, 2.45) is 5.10 Å². The Bertz CT molecular complexity index is 1110. The standard InChI is InChI=1S/C19H15FN6O/c20-15-8-5-13(6-9-15)12-27-18-10-7-14-3-1-2-4-16(14)17(18)11-22-26-19(21)23-24-25-26/h1-11H,12H2,(H2,21,23,25)/b22-11+. The van der Waals surface area contributed by atoms with Crippen molar-refractivity contribution in [3.05, 3.63) is 77.6 Å². The van der Waals surface area contributed by atoms with Gasteiger partial charge in [0.2, 0.25) is 0 Å². The number of halogens is 1. The lowest BCUT2D eigenvalue weighted by Crippen LogP contribution is -2.02. The molecule has 0 spiro atoms. The average Bonchev–Trinajstić information content (AvgIpc) is 3.11. The van der Waals surface area contributed by atoms with Crippen LogP contribution in [0.3, 0.4) is 0 Å². The lowest BCUT2D eigenvalue weighted by Gasteiger charge is -2.12. The third-order valence-corrected chi connectivity index (χ3v) is 4.01. The number of hydrogen-bond donors (Lipinski definition) is 1. The lowest BCUT2D eigenvalue weighted by molar-refractivity contribution is 0.306. The maximum absolute atomic E-state index is 13.1. The van der Waals surface area contributed by atoms with E-state index in [9.17, 15) is 4.39 Å². The van der Waals surface area contributed by atoms with Crippen molar-refractivity contribution < 1.29 is 9.13 Å². The minimum Gasteiger partial charge on any atom is -0.488 e. The average molecular weight is 362 g/mol. The summed E-state index contributed by atoms with van der Waals surface area (Å²) in [5, 5.41) is 17.0. The number of fused-ring (bicyclic) bond motifs is 1. The molecule has 0 aliphatic carbocycles. The van der Waals surface area contributed by atoms with Crippen LogP contribution in [0.25, 0.3) is 10.8 Å². The first-order valence-corrected chi connectivity index (χ1v) is 8.18. The predicted molar refractivity (Wildman–Crippen MR) is 99.9 cm³/mol. The summed E-state index contributed by atoms with van der Waals surface area (Å²) in [4.78, 5) is 1.13. The Morgan fingerprint density at radius 1 is 1.07 bits per heavy atom. The number of nitrogens with two attached hydrogens (primary N) is 1. The molecule has 1 aromatic heterocycles. The molecule has 0 fully saturated rings. The number of hydrogen-bond acceptors (Lipinski definition) is 6. The van der Waals surface area contributed by atoms with Crippen LogP contribution in [0, 0.1) is 5.82 Å². The molecule has 0 aliphatic rings. The topological polar surface area (TPSA) is 91.2 Å². The van der Waals surface area contributed by atoms with Crippen molar-refractivity contribution in [1.82, 2.24) is 20.3 Å². The number of benzene rings is 3. The normalized spacial score (nSPS) is 11.3. The SMILES string of the molecule is Nc1nnnn1/N=C/c1c(OCc2ccc(F)cc2)ccc2ccccc12. The smallest absolute Gasteiger partial charge is 0.263 e. The number of aromatic nitrogens is 4. The highest BCUT2D eigenvalue weighted by Gasteiger charge is 2.08. The third kappa shape index (κ3) is 3.59. The molecule has 2 N–H and O–H groups in total. The Balaban J connectivity index is 1.69. The molecule has 7 nitrogen and oxygen atoms in total. The summed E-state index contributed by atoms with van der Waals surface area (Å²) in [6.45, 7) is 0.298. The minimum absolute atomic E-state index is 0.0836. The Morgan fingerprint density at radius 3 is 2.67 bits per heavy atom. The van der Waals surface area contributed by atoms with Crippen molar-refractivity contribution in [3.8, 4) is 5.75 Å². The first-order valence-electron chi connectivity index (χ1n) is 8.18. The Hall–Kier alpha value is -3.81. The molecule has 4 rings (SSSR count). The van der Waals surface area contributed by atoms with Crippen LogP contribution in [-0.2, 0) is 6.61 Å². The van der Waals surface area contributed by atoms with E-state index in [1.54, 1.807) is 18.3 Å². The first kappa shape index (κ1) is 16.6. The van der Waals surface area contributed by atoms with Gasteiger partial charge < -0.3 is 10.5 Å². The van der Waals surface area contributed by atoms with E-state index in [1.165, 1.54) is 12.1 Å². The zero-order valence-electron chi connectivity index (χ0n) is 14.2. The van der Waals surface area contributed by atoms with Crippen LogP contribution in [0.1, 0.15) is 11.1 Å². The van der Waals surface area contributed by atoms with Gasteiger partial charge in [-0.15, -0.1) is 0 Å². The molecule has 0 saturated carbocycles. The van der Waals surface area contributed by atoms with Gasteiger partial charge in [-0.1, -0.05) is 52.4 Å². The van der Waals surface area contributed by atoms with Gasteiger partial charge in [0.15, 0.2) is 0 Å². The predicted octanol–water partition coefficient (Wildman–Crippen LogP) is 3.01. The summed E-state index contributed by atoms with van der Waals surface area (Å²) in [5.41, 5.74) is 7.28. The molecule has 8 heteroatoms. The maximum atomic E-state index is 13.1. The molecule has 134 valence electrons. The van der Waals surface area contributed by atoms with Crippen LogP contribution in [0.5, 0.6) is 5.75 Å². The summed E-state index contributed by atoms with van der Waals surface area (Å²) in [6, 6.07) is 17.9. The maximum Gasteiger partial charge on any atom is 0.263 e. The van der Waals surface area contributed by atoms with E-state index in [0.29, 0.717) is 12.4 Å². The second kappa shape index (κ2) is 7.20. The van der Waals surface area contributed by atoms with Gasteiger partial charge in [0.05, 0.1) is 6.21 Å². The van der Waals surface area contributed by atoms with Gasteiger partial charge in [-0.25, -0.2) is 4.39 Å². The summed E-state index contributed by atoms with van der Waals surface area (Å²) in [6.07, 6.45) is 1.61. The number of anilines is 1. The van der Waals surface area contributed by atoms with Crippen LogP contribution in [-0.4, -0.2) is 26.5 Å². The molecule has 27 heavy (non-hydrogen) atoms. The molecule has 1 heterocycles. The van der Waals surface area contributed by atoms with Gasteiger partial charge in [-0.2, -0.15) is 5.10 Å². The van der Waals surface area contributed by atoms with Crippen molar-refractivity contribution >= 4 is 22.9 Å². The zero-order chi connectivity index (χ0) is 18.6. The quantitative estimate of drug-likeness (QED) is 0.551. The molecule has 0 atom stereocenters. The molecule has 4 aromatic rings. The molecule has 0 saturated heterocycles. The fraction of sp³-hybridized carbons (Fsp3) is 0.0526. The van der Waals surface area contributed by atoms with Crippen LogP contribution >= 0.6 is 0 Å². The largest absolute Gasteiger partial charge is 0.488 e. The molecule has 0 bridgehead atoms. The van der Waals surface area contributed by atoms with E-state index < -0.39 is 0 Å². The van der Waals surface area contributed by atoms with E-state index >= 15 is 0 Å². The van der Waals surface area contributed by atoms with Gasteiger partial charge in [0.1, 0.15) is 18.2 Å². The molecule has 0 aliphatic heterocycles. The molecule has 0 radical (unpaired) electrons. The number of nitrogens with zero attached hydrogens (tertiary/aromatic N) is 5. The summed E-state index contributed by atoms with van der Waals surface area (Å²) in [7, 11) is 0. The first-order chi connectivity index (χ1) is 13.2. The minimum atomic E-state index is -0.281. The van der Waals surface area contributed by atoms with Crippen LogP contribution < -0.4 is 10.5 Å². The van der Waals surface area contributed by atoms with Gasteiger partial charge >= 0.3 is 0 Å². The van der Waals surface area contributed by atoms with Crippen LogP contribution in [0.2, 0.25) is 0 Å². The van der Waals surface area contributed by atoms with Gasteiger partial charge in [0.25, 0.3) is 5.95 Å².